The van der Waals surface area contributed by atoms with Crippen molar-refractivity contribution in [3.8, 4) is 17.0 Å². The van der Waals surface area contributed by atoms with Crippen molar-refractivity contribution in [2.45, 2.75) is 31.3 Å². The SMILES string of the molecule is COc1ccc(-c2cc([C@@H]3CN4CC[C@H]3C[C@@H]4CNCc3ccco3)n(C)n2)cc1. The van der Waals surface area contributed by atoms with Crippen LogP contribution in [0, 0.1) is 5.92 Å². The summed E-state index contributed by atoms with van der Waals surface area (Å²) >= 11 is 0. The van der Waals surface area contributed by atoms with Crippen LogP contribution >= 0.6 is 0 Å². The van der Waals surface area contributed by atoms with Gasteiger partial charge in [-0.3, -0.25) is 9.58 Å². The monoisotopic (exact) mass is 406 g/mol. The van der Waals surface area contributed by atoms with E-state index >= 15 is 0 Å². The minimum atomic E-state index is 0.560. The Morgan fingerprint density at radius 1 is 1.23 bits per heavy atom. The van der Waals surface area contributed by atoms with Crippen LogP contribution in [0.1, 0.15) is 30.2 Å². The van der Waals surface area contributed by atoms with Gasteiger partial charge in [-0.1, -0.05) is 0 Å². The predicted octanol–water partition coefficient (Wildman–Crippen LogP) is 3.66. The number of benzene rings is 1. The highest BCUT2D eigenvalue weighted by atomic mass is 16.5. The normalized spacial score (nSPS) is 25.5. The fourth-order valence-electron chi connectivity index (χ4n) is 5.19. The van der Waals surface area contributed by atoms with Crippen molar-refractivity contribution < 1.29 is 9.15 Å². The molecule has 3 saturated heterocycles. The Labute approximate surface area is 177 Å². The van der Waals surface area contributed by atoms with Crippen molar-refractivity contribution in [1.29, 1.82) is 0 Å². The summed E-state index contributed by atoms with van der Waals surface area (Å²) in [5.74, 6) is 3.16. The summed E-state index contributed by atoms with van der Waals surface area (Å²) in [4.78, 5) is 2.67. The van der Waals surface area contributed by atoms with Crippen LogP contribution in [0.3, 0.4) is 0 Å². The van der Waals surface area contributed by atoms with Crippen LogP contribution < -0.4 is 10.1 Å². The van der Waals surface area contributed by atoms with Gasteiger partial charge in [-0.2, -0.15) is 5.10 Å². The van der Waals surface area contributed by atoms with Crippen LogP contribution in [-0.4, -0.2) is 47.5 Å². The zero-order valence-corrected chi connectivity index (χ0v) is 17.8. The fourth-order valence-corrected chi connectivity index (χ4v) is 5.19. The first kappa shape index (κ1) is 19.4. The molecule has 3 aliphatic rings. The molecule has 3 aromatic rings. The number of hydrogen-bond donors (Lipinski definition) is 1. The average molecular weight is 407 g/mol. The van der Waals surface area contributed by atoms with E-state index in [1.54, 1.807) is 13.4 Å². The van der Waals surface area contributed by atoms with Gasteiger partial charge in [-0.25, -0.2) is 0 Å². The van der Waals surface area contributed by atoms with Crippen LogP contribution in [0.2, 0.25) is 0 Å². The molecule has 30 heavy (non-hydrogen) atoms. The summed E-state index contributed by atoms with van der Waals surface area (Å²) in [7, 11) is 3.78. The van der Waals surface area contributed by atoms with E-state index < -0.39 is 0 Å². The minimum Gasteiger partial charge on any atom is -0.497 e. The Kier molecular flexibility index (Phi) is 5.35. The van der Waals surface area contributed by atoms with Gasteiger partial charge >= 0.3 is 0 Å². The molecule has 6 nitrogen and oxygen atoms in total. The van der Waals surface area contributed by atoms with E-state index in [4.69, 9.17) is 14.3 Å². The van der Waals surface area contributed by atoms with E-state index in [0.29, 0.717) is 12.0 Å². The lowest BCUT2D eigenvalue weighted by molar-refractivity contribution is 0.0280. The van der Waals surface area contributed by atoms with Gasteiger partial charge in [0.1, 0.15) is 11.5 Å². The zero-order chi connectivity index (χ0) is 20.5. The average Bonchev–Trinajstić information content (AvgIpc) is 3.44. The molecule has 1 N–H and O–H groups in total. The Balaban J connectivity index is 1.25. The summed E-state index contributed by atoms with van der Waals surface area (Å²) in [5.41, 5.74) is 3.54. The number of nitrogens with one attached hydrogen (secondary N) is 1. The summed E-state index contributed by atoms with van der Waals surface area (Å²) in [6.07, 6.45) is 4.27. The maximum atomic E-state index is 5.43. The number of methoxy groups -OCH3 is 1. The van der Waals surface area contributed by atoms with Crippen LogP contribution in [0.25, 0.3) is 11.3 Å². The Morgan fingerprint density at radius 2 is 2.10 bits per heavy atom. The number of ether oxygens (including phenoxy) is 1. The van der Waals surface area contributed by atoms with Gasteiger partial charge in [0.25, 0.3) is 0 Å². The van der Waals surface area contributed by atoms with Crippen LogP contribution in [0.4, 0.5) is 0 Å². The molecular formula is C24H30N4O2. The van der Waals surface area contributed by atoms with Crippen molar-refractivity contribution in [2.75, 3.05) is 26.7 Å². The summed E-state index contributed by atoms with van der Waals surface area (Å²) in [6, 6.07) is 15.0. The molecule has 3 aliphatic heterocycles. The summed E-state index contributed by atoms with van der Waals surface area (Å²) in [5, 5.41) is 8.41. The Morgan fingerprint density at radius 3 is 2.80 bits per heavy atom. The van der Waals surface area contributed by atoms with Crippen molar-refractivity contribution in [3.05, 3.63) is 60.2 Å². The lowest BCUT2D eigenvalue weighted by Gasteiger charge is -2.50. The predicted molar refractivity (Wildman–Crippen MR) is 116 cm³/mol. The van der Waals surface area contributed by atoms with Gasteiger partial charge in [-0.05, 0) is 67.8 Å². The van der Waals surface area contributed by atoms with Gasteiger partial charge in [0, 0.05) is 43.4 Å². The summed E-state index contributed by atoms with van der Waals surface area (Å²) in [6.45, 7) is 4.15. The van der Waals surface area contributed by atoms with Crippen molar-refractivity contribution in [1.82, 2.24) is 20.0 Å². The number of aromatic nitrogens is 2. The zero-order valence-electron chi connectivity index (χ0n) is 17.8. The van der Waals surface area contributed by atoms with Crippen molar-refractivity contribution in [3.63, 3.8) is 0 Å². The molecule has 0 radical (unpaired) electrons. The second-order valence-electron chi connectivity index (χ2n) is 8.56. The first-order valence-corrected chi connectivity index (χ1v) is 10.9. The van der Waals surface area contributed by atoms with E-state index in [0.717, 1.165) is 48.3 Å². The molecule has 2 bridgehead atoms. The lowest BCUT2D eigenvalue weighted by atomic mass is 9.74. The third kappa shape index (κ3) is 3.77. The largest absolute Gasteiger partial charge is 0.497 e. The van der Waals surface area contributed by atoms with E-state index in [9.17, 15) is 0 Å². The first-order chi connectivity index (χ1) is 14.7. The van der Waals surface area contributed by atoms with Crippen LogP contribution in [0.15, 0.2) is 53.1 Å². The first-order valence-electron chi connectivity index (χ1n) is 10.9. The molecule has 0 aliphatic carbocycles. The number of rotatable bonds is 7. The molecule has 3 fully saturated rings. The van der Waals surface area contributed by atoms with Gasteiger partial charge < -0.3 is 14.5 Å². The number of fused-ring (bicyclic) bond motifs is 3. The molecule has 0 spiro atoms. The third-order valence-electron chi connectivity index (χ3n) is 6.82. The number of piperidine rings is 3. The number of furan rings is 1. The molecule has 6 rings (SSSR count). The van der Waals surface area contributed by atoms with Crippen LogP contribution in [0.5, 0.6) is 5.75 Å². The quantitative estimate of drug-likeness (QED) is 0.649. The fraction of sp³-hybridized carbons (Fsp3) is 0.458. The molecule has 0 saturated carbocycles. The van der Waals surface area contributed by atoms with Crippen LogP contribution in [-0.2, 0) is 13.6 Å². The second-order valence-corrected chi connectivity index (χ2v) is 8.56. The molecule has 5 heterocycles. The van der Waals surface area contributed by atoms with Gasteiger partial charge in [-0.15, -0.1) is 0 Å². The highest BCUT2D eigenvalue weighted by Gasteiger charge is 2.41. The smallest absolute Gasteiger partial charge is 0.118 e. The highest BCUT2D eigenvalue weighted by Crippen LogP contribution is 2.42. The second kappa shape index (κ2) is 8.28. The summed E-state index contributed by atoms with van der Waals surface area (Å²) < 4.78 is 12.8. The Hall–Kier alpha value is -2.57. The van der Waals surface area contributed by atoms with E-state index in [2.05, 4.69) is 40.1 Å². The van der Waals surface area contributed by atoms with Gasteiger partial charge in [0.15, 0.2) is 0 Å². The standard InChI is InChI=1S/C24H30N4O2/c1-27-24(13-23(26-27)17-5-7-20(29-2)8-6-17)22-16-28-10-9-18(22)12-19(28)14-25-15-21-4-3-11-30-21/h3-8,11,13,18-19,22,25H,9-10,12,14-16H2,1-2H3/t18-,19+,22+/m0/s1. The maximum Gasteiger partial charge on any atom is 0.118 e. The molecule has 1 aromatic carbocycles. The topological polar surface area (TPSA) is 55.5 Å². The Bertz CT molecular complexity index is 964. The molecular weight excluding hydrogens is 376 g/mol. The molecule has 0 amide bonds. The van der Waals surface area contributed by atoms with Crippen molar-refractivity contribution in [2.24, 2.45) is 13.0 Å². The van der Waals surface area contributed by atoms with Gasteiger partial charge in [0.2, 0.25) is 0 Å². The van der Waals surface area contributed by atoms with Gasteiger partial charge in [0.05, 0.1) is 25.6 Å². The van der Waals surface area contributed by atoms with E-state index in [1.165, 1.54) is 25.1 Å². The minimum absolute atomic E-state index is 0.560. The lowest BCUT2D eigenvalue weighted by Crippen LogP contribution is -2.55. The number of nitrogens with zero attached hydrogens (tertiary/aromatic N) is 3. The molecule has 158 valence electrons. The van der Waals surface area contributed by atoms with E-state index in [-0.39, 0.29) is 0 Å². The highest BCUT2D eigenvalue weighted by molar-refractivity contribution is 5.60. The molecule has 2 aromatic heterocycles. The third-order valence-corrected chi connectivity index (χ3v) is 6.82. The molecule has 4 atom stereocenters. The number of hydrogen-bond acceptors (Lipinski definition) is 5. The molecule has 1 unspecified atom stereocenters. The maximum absolute atomic E-state index is 5.43. The van der Waals surface area contributed by atoms with Crippen molar-refractivity contribution >= 4 is 0 Å². The van der Waals surface area contributed by atoms with E-state index in [1.807, 2.05) is 24.3 Å². The molecule has 6 heteroatoms. The number of aryl methyl sites for hydroxylation is 1.